The normalized spacial score (nSPS) is 13.2. The molecular formula is C40H32N4O4. The summed E-state index contributed by atoms with van der Waals surface area (Å²) < 4.78 is 24.8. The zero-order chi connectivity index (χ0) is 32.4. The van der Waals surface area contributed by atoms with Gasteiger partial charge < -0.3 is 18.9 Å². The Labute approximate surface area is 279 Å². The lowest BCUT2D eigenvalue weighted by atomic mass is 10.2. The average molecular weight is 633 g/mol. The maximum atomic E-state index is 6.22. The Bertz CT molecular complexity index is 1790. The van der Waals surface area contributed by atoms with Gasteiger partial charge in [-0.05, 0) is 72.8 Å². The lowest BCUT2D eigenvalue weighted by molar-refractivity contribution is 0.289. The van der Waals surface area contributed by atoms with E-state index in [1.165, 1.54) is 0 Å². The van der Waals surface area contributed by atoms with E-state index in [2.05, 4.69) is 0 Å². The van der Waals surface area contributed by atoms with E-state index < -0.39 is 0 Å². The van der Waals surface area contributed by atoms with E-state index in [-0.39, 0.29) is 26.4 Å². The summed E-state index contributed by atoms with van der Waals surface area (Å²) in [5.41, 5.74) is 6.18. The second-order valence-electron chi connectivity index (χ2n) is 10.9. The van der Waals surface area contributed by atoms with E-state index in [0.29, 0.717) is 34.4 Å². The van der Waals surface area contributed by atoms with Crippen LogP contribution in [0.25, 0.3) is 0 Å². The van der Waals surface area contributed by atoms with Crippen molar-refractivity contribution in [1.29, 1.82) is 0 Å². The first-order chi connectivity index (χ1) is 23.8. The van der Waals surface area contributed by atoms with Gasteiger partial charge in [-0.25, -0.2) is 0 Å². The van der Waals surface area contributed by atoms with Gasteiger partial charge in [-0.15, -0.1) is 0 Å². The minimum atomic E-state index is 0.272. The molecule has 0 atom stereocenters. The molecule has 0 spiro atoms. The molecule has 0 unspecified atom stereocenters. The number of nitrogens with zero attached hydrogens (tertiary/aromatic N) is 4. The molecule has 1 aliphatic rings. The summed E-state index contributed by atoms with van der Waals surface area (Å²) in [5.74, 6) is 2.69. The minimum absolute atomic E-state index is 0.272. The van der Waals surface area contributed by atoms with Crippen molar-refractivity contribution in [2.75, 3.05) is 0 Å². The van der Waals surface area contributed by atoms with Crippen LogP contribution in [0, 0.1) is 0 Å². The van der Waals surface area contributed by atoms with Gasteiger partial charge in [-0.1, -0.05) is 60.7 Å². The van der Waals surface area contributed by atoms with E-state index in [4.69, 9.17) is 38.9 Å². The minimum Gasteiger partial charge on any atom is -0.487 e. The summed E-state index contributed by atoms with van der Waals surface area (Å²) in [4.78, 5) is 19.1. The van der Waals surface area contributed by atoms with Crippen molar-refractivity contribution in [3.05, 3.63) is 167 Å². The quantitative estimate of drug-likeness (QED) is 0.167. The molecule has 0 amide bonds. The fourth-order valence-electron chi connectivity index (χ4n) is 5.07. The molecule has 7 rings (SSSR count). The molecule has 2 aromatic heterocycles. The van der Waals surface area contributed by atoms with Crippen LogP contribution >= 0.6 is 0 Å². The van der Waals surface area contributed by atoms with Crippen molar-refractivity contribution < 1.29 is 18.9 Å². The van der Waals surface area contributed by atoms with E-state index in [9.17, 15) is 0 Å². The Morgan fingerprint density at radius 3 is 1.08 bits per heavy atom. The first-order valence-electron chi connectivity index (χ1n) is 15.6. The number of para-hydroxylation sites is 6. The molecule has 6 aromatic rings. The second kappa shape index (κ2) is 14.9. The Balaban J connectivity index is 1.21. The van der Waals surface area contributed by atoms with Gasteiger partial charge in [-0.3, -0.25) is 20.0 Å². The van der Waals surface area contributed by atoms with E-state index >= 15 is 0 Å². The summed E-state index contributed by atoms with van der Waals surface area (Å²) in [6, 6.07) is 42.5. The average Bonchev–Trinajstić information content (AvgIpc) is 3.14. The number of aliphatic imine (C=N–C) groups is 2. The Hall–Kier alpha value is -6.28. The van der Waals surface area contributed by atoms with Gasteiger partial charge in [0.15, 0.2) is 0 Å². The lowest BCUT2D eigenvalue weighted by Crippen LogP contribution is -2.05. The summed E-state index contributed by atoms with van der Waals surface area (Å²) in [5, 5.41) is 0. The predicted octanol–water partition coefficient (Wildman–Crippen LogP) is 8.61. The highest BCUT2D eigenvalue weighted by Crippen LogP contribution is 2.30. The molecule has 4 aromatic carbocycles. The highest BCUT2D eigenvalue weighted by molar-refractivity contribution is 5.86. The standard InChI is InChI=1S/C40H32N4O4/c1-5-19-37-29(11-1)23-41-35-17-3-7-21-39(35)47-27-33-15-10-16-34(44-33)28-48-40-22-8-4-18-36(40)42-24-30-12-2-6-20-38(30)46-26-32-14-9-13-31(43-32)25-45-37/h1-24H,25-28H2. The SMILES string of the molecule is C1=Nc2ccccc2OCc2cccc(n2)COc2ccccc2N=Cc2ccccc2OCc2cccc(n2)COc2ccccc21. The maximum Gasteiger partial charge on any atom is 0.145 e. The fraction of sp³-hybridized carbons (Fsp3) is 0.100. The third-order valence-corrected chi connectivity index (χ3v) is 7.49. The van der Waals surface area contributed by atoms with Crippen molar-refractivity contribution in [1.82, 2.24) is 9.97 Å². The highest BCUT2D eigenvalue weighted by atomic mass is 16.5. The van der Waals surface area contributed by atoms with Gasteiger partial charge in [0.25, 0.3) is 0 Å². The van der Waals surface area contributed by atoms with E-state index in [1.807, 2.05) is 133 Å². The van der Waals surface area contributed by atoms with Gasteiger partial charge in [0, 0.05) is 23.6 Å². The summed E-state index contributed by atoms with van der Waals surface area (Å²) in [6.45, 7) is 1.12. The summed E-state index contributed by atoms with van der Waals surface area (Å²) >= 11 is 0. The molecule has 0 radical (unpaired) electrons. The third-order valence-electron chi connectivity index (χ3n) is 7.49. The van der Waals surface area contributed by atoms with Crippen molar-refractivity contribution >= 4 is 23.8 Å². The number of pyridine rings is 2. The predicted molar refractivity (Wildman–Crippen MR) is 186 cm³/mol. The molecule has 8 nitrogen and oxygen atoms in total. The fourth-order valence-corrected chi connectivity index (χ4v) is 5.07. The first-order valence-corrected chi connectivity index (χ1v) is 15.6. The van der Waals surface area contributed by atoms with Crippen LogP contribution < -0.4 is 18.9 Å². The van der Waals surface area contributed by atoms with Crippen LogP contribution in [0.15, 0.2) is 143 Å². The monoisotopic (exact) mass is 632 g/mol. The lowest BCUT2D eigenvalue weighted by Gasteiger charge is -2.12. The van der Waals surface area contributed by atoms with Crippen LogP contribution in [-0.4, -0.2) is 22.4 Å². The number of fused-ring (bicyclic) bond motifs is 8. The third kappa shape index (κ3) is 7.74. The van der Waals surface area contributed by atoms with Crippen LogP contribution in [0.1, 0.15) is 33.9 Å². The maximum absolute atomic E-state index is 6.22. The van der Waals surface area contributed by atoms with Gasteiger partial charge in [0.1, 0.15) is 60.8 Å². The van der Waals surface area contributed by atoms with Gasteiger partial charge in [-0.2, -0.15) is 0 Å². The Morgan fingerprint density at radius 2 is 0.667 bits per heavy atom. The molecule has 0 saturated carbocycles. The van der Waals surface area contributed by atoms with Crippen LogP contribution in [0.5, 0.6) is 23.0 Å². The smallest absolute Gasteiger partial charge is 0.145 e. The highest BCUT2D eigenvalue weighted by Gasteiger charge is 2.09. The van der Waals surface area contributed by atoms with Crippen LogP contribution in [0.2, 0.25) is 0 Å². The van der Waals surface area contributed by atoms with Crippen molar-refractivity contribution in [3.8, 4) is 23.0 Å². The molecule has 0 fully saturated rings. The molecule has 1 aliphatic heterocycles. The van der Waals surface area contributed by atoms with Crippen LogP contribution in [0.4, 0.5) is 11.4 Å². The van der Waals surface area contributed by atoms with Gasteiger partial charge >= 0.3 is 0 Å². The molecule has 3 heterocycles. The number of hydrogen-bond donors (Lipinski definition) is 0. The van der Waals surface area contributed by atoms with E-state index in [1.54, 1.807) is 12.4 Å². The Kier molecular flexibility index (Phi) is 9.41. The molecule has 0 N–H and O–H groups in total. The number of rotatable bonds is 0. The van der Waals surface area contributed by atoms with Crippen LogP contribution in [-0.2, 0) is 26.4 Å². The molecule has 48 heavy (non-hydrogen) atoms. The summed E-state index contributed by atoms with van der Waals surface area (Å²) in [6.07, 6.45) is 3.57. The largest absolute Gasteiger partial charge is 0.487 e. The number of hydrogen-bond acceptors (Lipinski definition) is 8. The first kappa shape index (κ1) is 30.4. The molecule has 8 heteroatoms. The molecule has 0 aliphatic carbocycles. The van der Waals surface area contributed by atoms with E-state index in [0.717, 1.165) is 33.9 Å². The number of ether oxygens (including phenoxy) is 4. The molecular weight excluding hydrogens is 600 g/mol. The zero-order valence-electron chi connectivity index (χ0n) is 26.1. The summed E-state index contributed by atoms with van der Waals surface area (Å²) in [7, 11) is 0. The molecule has 4 bridgehead atoms. The number of aromatic nitrogens is 2. The van der Waals surface area contributed by atoms with Crippen molar-refractivity contribution in [3.63, 3.8) is 0 Å². The van der Waals surface area contributed by atoms with Crippen molar-refractivity contribution in [2.45, 2.75) is 26.4 Å². The Morgan fingerprint density at radius 1 is 0.333 bits per heavy atom. The van der Waals surface area contributed by atoms with Crippen LogP contribution in [0.3, 0.4) is 0 Å². The molecule has 0 saturated heterocycles. The molecule has 236 valence electrons. The van der Waals surface area contributed by atoms with Gasteiger partial charge in [0.05, 0.1) is 22.8 Å². The van der Waals surface area contributed by atoms with Gasteiger partial charge in [0.2, 0.25) is 0 Å². The van der Waals surface area contributed by atoms with Crippen molar-refractivity contribution in [2.24, 2.45) is 9.98 Å². The second-order valence-corrected chi connectivity index (χ2v) is 10.9. The number of benzene rings is 4. The zero-order valence-corrected chi connectivity index (χ0v) is 26.1. The topological polar surface area (TPSA) is 87.4 Å².